The number of piperidine rings is 1. The van der Waals surface area contributed by atoms with Crippen molar-refractivity contribution in [1.29, 1.82) is 0 Å². The summed E-state index contributed by atoms with van der Waals surface area (Å²) >= 11 is 1.20. The van der Waals surface area contributed by atoms with Crippen molar-refractivity contribution in [3.63, 3.8) is 0 Å². The van der Waals surface area contributed by atoms with E-state index in [4.69, 9.17) is 4.74 Å². The highest BCUT2D eigenvalue weighted by molar-refractivity contribution is 7.21. The van der Waals surface area contributed by atoms with Crippen LogP contribution in [-0.4, -0.2) is 57.1 Å². The number of pyridine rings is 1. The molecule has 11 nitrogen and oxygen atoms in total. The summed E-state index contributed by atoms with van der Waals surface area (Å²) in [6.07, 6.45) is 4.39. The highest BCUT2D eigenvalue weighted by Crippen LogP contribution is 2.45. The molecule has 4 aromatic rings. The van der Waals surface area contributed by atoms with E-state index in [9.17, 15) is 14.4 Å². The molecule has 1 saturated heterocycles. The summed E-state index contributed by atoms with van der Waals surface area (Å²) in [6, 6.07) is 13.5. The molecule has 1 atom stereocenters. The van der Waals surface area contributed by atoms with Crippen LogP contribution in [0.2, 0.25) is 0 Å². The van der Waals surface area contributed by atoms with Gasteiger partial charge in [-0.15, -0.1) is 21.5 Å². The number of benzene rings is 1. The smallest absolute Gasteiger partial charge is 0.332 e. The Kier molecular flexibility index (Phi) is 6.37. The zero-order valence-electron chi connectivity index (χ0n) is 20.7. The summed E-state index contributed by atoms with van der Waals surface area (Å²) in [4.78, 5) is 47.1. The number of nitrogens with one attached hydrogen (secondary N) is 2. The van der Waals surface area contributed by atoms with Gasteiger partial charge in [-0.3, -0.25) is 9.59 Å². The third-order valence-electron chi connectivity index (χ3n) is 6.52. The van der Waals surface area contributed by atoms with Gasteiger partial charge in [0.1, 0.15) is 15.5 Å². The van der Waals surface area contributed by atoms with Crippen LogP contribution in [0.1, 0.15) is 22.5 Å². The minimum atomic E-state index is -0.478. The summed E-state index contributed by atoms with van der Waals surface area (Å²) in [7, 11) is 0. The zero-order chi connectivity index (χ0) is 26.9. The topological polar surface area (TPSA) is 130 Å². The predicted molar refractivity (Wildman–Crippen MR) is 147 cm³/mol. The van der Waals surface area contributed by atoms with Crippen LogP contribution >= 0.6 is 11.3 Å². The number of rotatable bonds is 6. The van der Waals surface area contributed by atoms with Gasteiger partial charge in [0.25, 0.3) is 5.91 Å². The van der Waals surface area contributed by atoms with Crippen molar-refractivity contribution in [1.82, 2.24) is 25.4 Å². The second-order valence-corrected chi connectivity index (χ2v) is 10.0. The number of ether oxygens (including phenoxy) is 1. The summed E-state index contributed by atoms with van der Waals surface area (Å²) < 4.78 is 5.71. The van der Waals surface area contributed by atoms with Gasteiger partial charge in [-0.25, -0.2) is 14.7 Å². The first-order valence-corrected chi connectivity index (χ1v) is 13.1. The van der Waals surface area contributed by atoms with Gasteiger partial charge >= 0.3 is 6.03 Å². The molecule has 3 aromatic heterocycles. The Morgan fingerprint density at radius 2 is 2.00 bits per heavy atom. The lowest BCUT2D eigenvalue weighted by molar-refractivity contribution is -0.127. The van der Waals surface area contributed by atoms with Crippen LogP contribution in [-0.2, 0) is 4.79 Å². The fourth-order valence-electron chi connectivity index (χ4n) is 4.74. The molecule has 5 heterocycles. The van der Waals surface area contributed by atoms with Gasteiger partial charge in [0.2, 0.25) is 11.8 Å². The van der Waals surface area contributed by atoms with E-state index in [1.54, 1.807) is 41.4 Å². The highest BCUT2D eigenvalue weighted by Gasteiger charge is 2.34. The number of likely N-dealkylation sites (tertiary alicyclic amines) is 1. The lowest BCUT2D eigenvalue weighted by Crippen LogP contribution is -2.49. The molecule has 12 heteroatoms. The fraction of sp³-hybridized carbons (Fsp3) is 0.185. The van der Waals surface area contributed by atoms with E-state index in [1.165, 1.54) is 22.3 Å². The van der Waals surface area contributed by atoms with Crippen LogP contribution in [0.3, 0.4) is 0 Å². The Labute approximate surface area is 227 Å². The maximum atomic E-state index is 13.3. The molecule has 2 aliphatic heterocycles. The van der Waals surface area contributed by atoms with Crippen LogP contribution in [0.15, 0.2) is 67.4 Å². The number of urea groups is 1. The Bertz CT molecular complexity index is 1590. The molecule has 39 heavy (non-hydrogen) atoms. The molecule has 0 radical (unpaired) electrons. The first-order chi connectivity index (χ1) is 19.0. The zero-order valence-corrected chi connectivity index (χ0v) is 21.5. The number of thiophene rings is 1. The first-order valence-electron chi connectivity index (χ1n) is 12.3. The van der Waals surface area contributed by atoms with Gasteiger partial charge in [0.05, 0.1) is 16.8 Å². The average molecular weight is 542 g/mol. The Balaban J connectivity index is 1.27. The van der Waals surface area contributed by atoms with Crippen LogP contribution in [0.5, 0.6) is 11.6 Å². The van der Waals surface area contributed by atoms with Crippen molar-refractivity contribution < 1.29 is 19.1 Å². The Morgan fingerprint density at radius 3 is 2.77 bits per heavy atom. The minimum absolute atomic E-state index is 0.158. The maximum Gasteiger partial charge on any atom is 0.332 e. The predicted octanol–water partition coefficient (Wildman–Crippen LogP) is 4.47. The van der Waals surface area contributed by atoms with Crippen molar-refractivity contribution in [3.05, 3.63) is 72.3 Å². The summed E-state index contributed by atoms with van der Waals surface area (Å²) in [5, 5.41) is 14.8. The van der Waals surface area contributed by atoms with Crippen molar-refractivity contribution in [2.45, 2.75) is 18.9 Å². The second kappa shape index (κ2) is 10.1. The minimum Gasteiger partial charge on any atom is -0.438 e. The normalized spacial score (nSPS) is 16.5. The average Bonchev–Trinajstić information content (AvgIpc) is 3.33. The van der Waals surface area contributed by atoms with Gasteiger partial charge in [-0.1, -0.05) is 24.8 Å². The highest BCUT2D eigenvalue weighted by atomic mass is 32.1. The molecule has 2 aliphatic rings. The largest absolute Gasteiger partial charge is 0.438 e. The van der Waals surface area contributed by atoms with Crippen LogP contribution in [0.25, 0.3) is 10.2 Å². The first kappa shape index (κ1) is 24.5. The van der Waals surface area contributed by atoms with Gasteiger partial charge < -0.3 is 20.3 Å². The monoisotopic (exact) mass is 541 g/mol. The molecule has 0 saturated carbocycles. The number of aromatic nitrogens is 3. The Morgan fingerprint density at radius 1 is 1.15 bits per heavy atom. The van der Waals surface area contributed by atoms with E-state index in [1.807, 2.05) is 18.2 Å². The number of para-hydroxylation sites is 1. The fourth-order valence-corrected chi connectivity index (χ4v) is 5.77. The lowest BCUT2D eigenvalue weighted by Gasteiger charge is -2.32. The Hall–Kier alpha value is -4.84. The number of carbonyl (C=O) groups excluding carboxylic acids is 3. The van der Waals surface area contributed by atoms with E-state index in [0.717, 1.165) is 12.8 Å². The number of carbonyl (C=O) groups is 3. The number of nitrogens with zero attached hydrogens (tertiary/aromatic N) is 5. The third-order valence-corrected chi connectivity index (χ3v) is 7.61. The quantitative estimate of drug-likeness (QED) is 0.345. The number of hydrogen-bond donors (Lipinski definition) is 2. The van der Waals surface area contributed by atoms with Gasteiger partial charge in [0.15, 0.2) is 5.82 Å². The third kappa shape index (κ3) is 4.66. The molecule has 0 aliphatic carbocycles. The van der Waals surface area contributed by atoms with Gasteiger partial charge in [-0.05, 0) is 43.2 Å². The van der Waals surface area contributed by atoms with Crippen molar-refractivity contribution in [3.8, 4) is 11.6 Å². The van der Waals surface area contributed by atoms with Crippen molar-refractivity contribution in [2.75, 3.05) is 23.3 Å². The lowest BCUT2D eigenvalue weighted by atomic mass is 10.1. The maximum absolute atomic E-state index is 13.3. The number of anilines is 3. The SMILES string of the molecule is C=CC(=O)N1CCC[C@@H](NC(=O)c2sc3nccc4c3c2NC(=O)N4c2ccc(Oc3ccccc3)nn2)C1. The number of amides is 4. The summed E-state index contributed by atoms with van der Waals surface area (Å²) in [5.74, 6) is 0.710. The van der Waals surface area contributed by atoms with E-state index in [-0.39, 0.29) is 29.6 Å². The second-order valence-electron chi connectivity index (χ2n) is 9.03. The molecule has 6 rings (SSSR count). The molecule has 0 unspecified atom stereocenters. The van der Waals surface area contributed by atoms with Crippen molar-refractivity contribution in [2.24, 2.45) is 0 Å². The van der Waals surface area contributed by atoms with E-state index in [0.29, 0.717) is 45.3 Å². The molecule has 4 amide bonds. The molecule has 2 N–H and O–H groups in total. The molecular formula is C27H23N7O4S. The molecule has 1 aromatic carbocycles. The number of hydrogen-bond acceptors (Lipinski definition) is 8. The molecule has 196 valence electrons. The van der Waals surface area contributed by atoms with E-state index < -0.39 is 6.03 Å². The standard InChI is InChI=1S/C27H23N7O4S/c1-2-21(35)33-14-6-7-16(15-33)29-25(36)24-23-22-18(12-13-28-26(22)39-24)34(27(37)30-23)19-10-11-20(32-31-19)38-17-8-4-3-5-9-17/h2-5,8-13,16H,1,6-7,14-15H2,(H,29,36)(H,30,37)/t16-/m1/s1. The molecule has 1 fully saturated rings. The molecular weight excluding hydrogens is 518 g/mol. The molecule has 0 bridgehead atoms. The summed E-state index contributed by atoms with van der Waals surface area (Å²) in [5.41, 5.74) is 0.948. The van der Waals surface area contributed by atoms with Crippen LogP contribution in [0, 0.1) is 0 Å². The van der Waals surface area contributed by atoms with Gasteiger partial charge in [0, 0.05) is 31.4 Å². The van der Waals surface area contributed by atoms with E-state index in [2.05, 4.69) is 32.4 Å². The molecule has 0 spiro atoms. The van der Waals surface area contributed by atoms with Gasteiger partial charge in [-0.2, -0.15) is 0 Å². The van der Waals surface area contributed by atoms with Crippen LogP contribution in [0.4, 0.5) is 22.0 Å². The summed E-state index contributed by atoms with van der Waals surface area (Å²) in [6.45, 7) is 4.58. The van der Waals surface area contributed by atoms with Crippen LogP contribution < -0.4 is 20.3 Å². The van der Waals surface area contributed by atoms with E-state index >= 15 is 0 Å². The van der Waals surface area contributed by atoms with Crippen molar-refractivity contribution >= 4 is 56.6 Å².